The van der Waals surface area contributed by atoms with Crippen LogP contribution in [0.25, 0.3) is 0 Å². The van der Waals surface area contributed by atoms with Crippen LogP contribution in [0.1, 0.15) is 31.4 Å². The van der Waals surface area contributed by atoms with Gasteiger partial charge in [0.05, 0.1) is 20.6 Å². The summed E-state index contributed by atoms with van der Waals surface area (Å²) in [7, 11) is -4.10. The van der Waals surface area contributed by atoms with Crippen molar-refractivity contribution in [2.45, 2.75) is 44.7 Å². The van der Waals surface area contributed by atoms with E-state index in [0.717, 1.165) is 10.7 Å². The predicted molar refractivity (Wildman–Crippen MR) is 152 cm³/mol. The number of carbonyl (C=O) groups is 2. The monoisotopic (exact) mass is 575 g/mol. The molecular formula is C28H31Cl2N3O4S. The van der Waals surface area contributed by atoms with Crippen LogP contribution in [0.5, 0.6) is 0 Å². The first kappa shape index (κ1) is 29.5. The largest absolute Gasteiger partial charge is 0.354 e. The normalized spacial score (nSPS) is 12.0. The summed E-state index contributed by atoms with van der Waals surface area (Å²) < 4.78 is 28.6. The number of nitrogens with zero attached hydrogens (tertiary/aromatic N) is 2. The van der Waals surface area contributed by atoms with Crippen LogP contribution in [-0.4, -0.2) is 44.3 Å². The number of para-hydroxylation sites is 1. The summed E-state index contributed by atoms with van der Waals surface area (Å²) in [5.41, 5.74) is 1.71. The Morgan fingerprint density at radius 2 is 1.61 bits per heavy atom. The molecule has 3 rings (SSSR count). The molecule has 10 heteroatoms. The predicted octanol–water partition coefficient (Wildman–Crippen LogP) is 5.44. The first-order chi connectivity index (χ1) is 18.1. The van der Waals surface area contributed by atoms with Gasteiger partial charge in [-0.05, 0) is 61.7 Å². The molecule has 3 aromatic rings. The number of carbonyl (C=O) groups excluding carboxylic acids is 2. The summed E-state index contributed by atoms with van der Waals surface area (Å²) in [6.45, 7) is 5.30. The third-order valence-electron chi connectivity index (χ3n) is 6.05. The fourth-order valence-electron chi connectivity index (χ4n) is 3.89. The van der Waals surface area contributed by atoms with Crippen molar-refractivity contribution in [1.29, 1.82) is 0 Å². The third-order valence-corrected chi connectivity index (χ3v) is 8.56. The number of benzene rings is 3. The Kier molecular flexibility index (Phi) is 10.2. The van der Waals surface area contributed by atoms with Gasteiger partial charge in [-0.3, -0.25) is 13.9 Å². The van der Waals surface area contributed by atoms with E-state index in [9.17, 15) is 18.0 Å². The van der Waals surface area contributed by atoms with E-state index < -0.39 is 28.5 Å². The van der Waals surface area contributed by atoms with Gasteiger partial charge in [0.25, 0.3) is 10.0 Å². The van der Waals surface area contributed by atoms with Crippen molar-refractivity contribution in [1.82, 2.24) is 10.2 Å². The Balaban J connectivity index is 2.03. The first-order valence-corrected chi connectivity index (χ1v) is 14.4. The highest BCUT2D eigenvalue weighted by Gasteiger charge is 2.33. The van der Waals surface area contributed by atoms with Crippen LogP contribution in [0.15, 0.2) is 77.7 Å². The van der Waals surface area contributed by atoms with Crippen molar-refractivity contribution >= 4 is 50.7 Å². The maximum absolute atomic E-state index is 13.9. The zero-order chi connectivity index (χ0) is 27.9. The molecule has 38 heavy (non-hydrogen) atoms. The molecule has 7 nitrogen and oxygen atoms in total. The number of hydrogen-bond donors (Lipinski definition) is 1. The van der Waals surface area contributed by atoms with E-state index in [4.69, 9.17) is 23.2 Å². The van der Waals surface area contributed by atoms with Crippen LogP contribution in [-0.2, 0) is 26.2 Å². The number of hydrogen-bond acceptors (Lipinski definition) is 4. The van der Waals surface area contributed by atoms with Crippen LogP contribution >= 0.6 is 23.2 Å². The molecule has 0 aromatic heterocycles. The van der Waals surface area contributed by atoms with Crippen molar-refractivity contribution in [3.63, 3.8) is 0 Å². The quantitative estimate of drug-likeness (QED) is 0.330. The number of nitrogens with one attached hydrogen (secondary N) is 1. The Bertz CT molecular complexity index is 1380. The summed E-state index contributed by atoms with van der Waals surface area (Å²) in [6.07, 6.45) is 0.732. The Morgan fingerprint density at radius 3 is 2.24 bits per heavy atom. The number of amides is 2. The SMILES string of the molecule is CCCNC(=O)[C@@H](C)N(Cc1ccc(Cl)c(Cl)c1)C(=O)CN(c1ccccc1C)S(=O)(=O)c1ccccc1. The molecule has 1 N–H and O–H groups in total. The lowest BCUT2D eigenvalue weighted by molar-refractivity contribution is -0.139. The topological polar surface area (TPSA) is 86.8 Å². The number of sulfonamides is 1. The zero-order valence-electron chi connectivity index (χ0n) is 21.5. The molecule has 0 aliphatic rings. The van der Waals surface area contributed by atoms with E-state index in [-0.39, 0.29) is 17.3 Å². The van der Waals surface area contributed by atoms with Crippen molar-refractivity contribution in [2.24, 2.45) is 0 Å². The van der Waals surface area contributed by atoms with Crippen LogP contribution in [0.2, 0.25) is 10.0 Å². The second-order valence-corrected chi connectivity index (χ2v) is 11.5. The minimum Gasteiger partial charge on any atom is -0.354 e. The van der Waals surface area contributed by atoms with E-state index >= 15 is 0 Å². The second-order valence-electron chi connectivity index (χ2n) is 8.85. The first-order valence-electron chi connectivity index (χ1n) is 12.2. The average molecular weight is 577 g/mol. The fraction of sp³-hybridized carbons (Fsp3) is 0.286. The van der Waals surface area contributed by atoms with Gasteiger partial charge in [-0.15, -0.1) is 0 Å². The average Bonchev–Trinajstić information content (AvgIpc) is 2.91. The summed E-state index contributed by atoms with van der Waals surface area (Å²) in [5.74, 6) is -0.883. The molecule has 202 valence electrons. The number of aryl methyl sites for hydroxylation is 1. The van der Waals surface area contributed by atoms with Gasteiger partial charge in [0.15, 0.2) is 0 Å². The van der Waals surface area contributed by atoms with Crippen LogP contribution < -0.4 is 9.62 Å². The molecule has 0 unspecified atom stereocenters. The Labute approximate surface area is 234 Å². The van der Waals surface area contributed by atoms with Gasteiger partial charge < -0.3 is 10.2 Å². The molecule has 3 aromatic carbocycles. The van der Waals surface area contributed by atoms with E-state index in [1.54, 1.807) is 74.5 Å². The maximum Gasteiger partial charge on any atom is 0.264 e. The van der Waals surface area contributed by atoms with Gasteiger partial charge in [-0.25, -0.2) is 8.42 Å². The molecule has 0 radical (unpaired) electrons. The zero-order valence-corrected chi connectivity index (χ0v) is 23.9. The van der Waals surface area contributed by atoms with Crippen LogP contribution in [0.4, 0.5) is 5.69 Å². The van der Waals surface area contributed by atoms with Gasteiger partial charge in [0.1, 0.15) is 12.6 Å². The standard InChI is InChI=1S/C28H31Cl2N3O4S/c1-4-16-31-28(35)21(3)32(18-22-14-15-24(29)25(30)17-22)27(34)19-33(26-13-9-8-10-20(26)2)38(36,37)23-11-6-5-7-12-23/h5-15,17,21H,4,16,18-19H2,1-3H3,(H,31,35)/t21-/m1/s1. The third kappa shape index (κ3) is 7.07. The minimum atomic E-state index is -4.10. The number of halogens is 2. The summed E-state index contributed by atoms with van der Waals surface area (Å²) >= 11 is 12.3. The van der Waals surface area contributed by atoms with Gasteiger partial charge in [-0.2, -0.15) is 0 Å². The highest BCUT2D eigenvalue weighted by atomic mass is 35.5. The van der Waals surface area contributed by atoms with Gasteiger partial charge >= 0.3 is 0 Å². The van der Waals surface area contributed by atoms with E-state index in [0.29, 0.717) is 33.4 Å². The molecule has 0 saturated carbocycles. The molecule has 0 aliphatic carbocycles. The summed E-state index contributed by atoms with van der Waals surface area (Å²) in [4.78, 5) is 28.2. The molecular weight excluding hydrogens is 545 g/mol. The highest BCUT2D eigenvalue weighted by molar-refractivity contribution is 7.92. The lowest BCUT2D eigenvalue weighted by atomic mass is 10.1. The molecule has 0 saturated heterocycles. The molecule has 0 bridgehead atoms. The van der Waals surface area contributed by atoms with Gasteiger partial charge in [0, 0.05) is 13.1 Å². The Morgan fingerprint density at radius 1 is 0.947 bits per heavy atom. The lowest BCUT2D eigenvalue weighted by Crippen LogP contribution is -2.51. The molecule has 0 heterocycles. The molecule has 1 atom stereocenters. The van der Waals surface area contributed by atoms with Crippen molar-refractivity contribution in [3.8, 4) is 0 Å². The molecule has 0 fully saturated rings. The van der Waals surface area contributed by atoms with Crippen LogP contribution in [0, 0.1) is 6.92 Å². The Hall–Kier alpha value is -3.07. The van der Waals surface area contributed by atoms with Gasteiger partial charge in [-0.1, -0.05) is 72.6 Å². The number of anilines is 1. The van der Waals surface area contributed by atoms with E-state index in [1.807, 2.05) is 6.92 Å². The van der Waals surface area contributed by atoms with Crippen LogP contribution in [0.3, 0.4) is 0 Å². The van der Waals surface area contributed by atoms with Gasteiger partial charge in [0.2, 0.25) is 11.8 Å². The molecule has 0 spiro atoms. The summed E-state index contributed by atoms with van der Waals surface area (Å²) in [5, 5.41) is 3.49. The minimum absolute atomic E-state index is 0.0312. The van der Waals surface area contributed by atoms with Crippen molar-refractivity contribution in [3.05, 3.63) is 94.0 Å². The smallest absolute Gasteiger partial charge is 0.264 e. The van der Waals surface area contributed by atoms with E-state index in [2.05, 4.69) is 5.32 Å². The lowest BCUT2D eigenvalue weighted by Gasteiger charge is -2.32. The highest BCUT2D eigenvalue weighted by Crippen LogP contribution is 2.28. The second kappa shape index (κ2) is 13.1. The number of rotatable bonds is 11. The maximum atomic E-state index is 13.9. The van der Waals surface area contributed by atoms with Crippen molar-refractivity contribution < 1.29 is 18.0 Å². The molecule has 0 aliphatic heterocycles. The van der Waals surface area contributed by atoms with E-state index in [1.165, 1.54) is 17.0 Å². The fourth-order valence-corrected chi connectivity index (χ4v) is 5.71. The van der Waals surface area contributed by atoms with Crippen molar-refractivity contribution in [2.75, 3.05) is 17.4 Å². The summed E-state index contributed by atoms with van der Waals surface area (Å²) in [6, 6.07) is 19.0. The molecule has 2 amide bonds.